The first-order valence-electron chi connectivity index (χ1n) is 20.1. The van der Waals surface area contributed by atoms with Crippen LogP contribution < -0.4 is 0 Å². The molecule has 0 fully saturated rings. The Balaban J connectivity index is 0.958. The van der Waals surface area contributed by atoms with Gasteiger partial charge in [0.2, 0.25) is 0 Å². The largest absolute Gasteiger partial charge is 0.0622 e. The quantitative estimate of drug-likeness (QED) is 0.149. The Morgan fingerprint density at radius 2 is 0.534 bits per heavy atom. The maximum atomic E-state index is 2.35. The topological polar surface area (TPSA) is 0 Å². The molecular weight excluding hydrogens is 697 g/mol. The van der Waals surface area contributed by atoms with Crippen molar-refractivity contribution in [2.45, 2.75) is 0 Å². The summed E-state index contributed by atoms with van der Waals surface area (Å²) in [6.45, 7) is 0. The van der Waals surface area contributed by atoms with Crippen LogP contribution in [0.15, 0.2) is 231 Å². The molecule has 0 saturated heterocycles. The van der Waals surface area contributed by atoms with E-state index < -0.39 is 0 Å². The van der Waals surface area contributed by atoms with E-state index in [1.165, 1.54) is 110 Å². The van der Waals surface area contributed by atoms with Crippen LogP contribution in [0, 0.1) is 0 Å². The van der Waals surface area contributed by atoms with E-state index in [1.807, 2.05) is 0 Å². The molecule has 0 N–H and O–H groups in total. The van der Waals surface area contributed by atoms with Crippen molar-refractivity contribution in [1.29, 1.82) is 0 Å². The highest BCUT2D eigenvalue weighted by atomic mass is 14.2. The van der Waals surface area contributed by atoms with Crippen molar-refractivity contribution in [3.05, 3.63) is 231 Å². The average molecular weight is 735 g/mol. The molecule has 0 heteroatoms. The number of hydrogen-bond acceptors (Lipinski definition) is 0. The predicted octanol–water partition coefficient (Wildman–Crippen LogP) is 16.3. The molecule has 58 heavy (non-hydrogen) atoms. The normalized spacial score (nSPS) is 11.4. The van der Waals surface area contributed by atoms with E-state index in [0.29, 0.717) is 0 Å². The molecular formula is C58H38. The summed E-state index contributed by atoms with van der Waals surface area (Å²) in [5.41, 5.74) is 14.8. The van der Waals surface area contributed by atoms with Gasteiger partial charge in [0.25, 0.3) is 0 Å². The lowest BCUT2D eigenvalue weighted by molar-refractivity contribution is 1.59. The van der Waals surface area contributed by atoms with Crippen molar-refractivity contribution in [1.82, 2.24) is 0 Å². The summed E-state index contributed by atoms with van der Waals surface area (Å²) in [7, 11) is 0. The smallest absolute Gasteiger partial charge is 0.00264 e. The monoisotopic (exact) mass is 734 g/mol. The third-order valence-corrected chi connectivity index (χ3v) is 11.9. The molecule has 0 aliphatic rings. The average Bonchev–Trinajstić information content (AvgIpc) is 3.30. The Kier molecular flexibility index (Phi) is 8.26. The van der Waals surface area contributed by atoms with Crippen molar-refractivity contribution < 1.29 is 0 Å². The van der Waals surface area contributed by atoms with Gasteiger partial charge >= 0.3 is 0 Å². The molecule has 11 aromatic rings. The minimum absolute atomic E-state index is 1.21. The maximum Gasteiger partial charge on any atom is -0.00264 e. The molecule has 270 valence electrons. The lowest BCUT2D eigenvalue weighted by Gasteiger charge is -2.18. The Morgan fingerprint density at radius 1 is 0.172 bits per heavy atom. The van der Waals surface area contributed by atoms with Crippen LogP contribution in [0.4, 0.5) is 0 Å². The zero-order chi connectivity index (χ0) is 38.4. The number of hydrogen-bond donors (Lipinski definition) is 0. The highest BCUT2D eigenvalue weighted by Gasteiger charge is 2.17. The van der Waals surface area contributed by atoms with Gasteiger partial charge in [-0.25, -0.2) is 0 Å². The van der Waals surface area contributed by atoms with Crippen LogP contribution >= 0.6 is 0 Å². The standard InChI is InChI=1S/C58H38/c1-2-13-44(14-3-1)56-38-50(37-49-16-6-7-17-51(49)56)43-28-33-46(34-29-43)58-54-20-10-8-18-52(54)57(53-19-9-11-21-55(53)58)45-31-26-41(27-32-45)40-22-24-42(25-23-40)48-35-30-39-12-4-5-15-47(39)36-48/h1-38H. The molecule has 0 aliphatic heterocycles. The van der Waals surface area contributed by atoms with E-state index in [-0.39, 0.29) is 0 Å². The van der Waals surface area contributed by atoms with Gasteiger partial charge in [-0.1, -0.05) is 212 Å². The van der Waals surface area contributed by atoms with Crippen LogP contribution in [-0.2, 0) is 0 Å². The first kappa shape index (κ1) is 33.8. The van der Waals surface area contributed by atoms with E-state index in [2.05, 4.69) is 231 Å². The molecule has 0 spiro atoms. The second-order valence-electron chi connectivity index (χ2n) is 15.2. The summed E-state index contributed by atoms with van der Waals surface area (Å²) in [5, 5.41) is 10.1. The molecule has 0 amide bonds. The van der Waals surface area contributed by atoms with Gasteiger partial charge in [0.1, 0.15) is 0 Å². The fourth-order valence-electron chi connectivity index (χ4n) is 8.97. The van der Waals surface area contributed by atoms with Crippen molar-refractivity contribution in [3.63, 3.8) is 0 Å². The zero-order valence-corrected chi connectivity index (χ0v) is 31.9. The molecule has 0 bridgehead atoms. The second kappa shape index (κ2) is 14.2. The Morgan fingerprint density at radius 3 is 1.07 bits per heavy atom. The van der Waals surface area contributed by atoms with Crippen LogP contribution in [-0.4, -0.2) is 0 Å². The van der Waals surface area contributed by atoms with Gasteiger partial charge in [0.15, 0.2) is 0 Å². The molecule has 0 unspecified atom stereocenters. The molecule has 11 aromatic carbocycles. The van der Waals surface area contributed by atoms with Crippen LogP contribution in [0.5, 0.6) is 0 Å². The minimum atomic E-state index is 1.21. The number of fused-ring (bicyclic) bond motifs is 4. The van der Waals surface area contributed by atoms with Gasteiger partial charge in [-0.05, 0) is 128 Å². The molecule has 0 heterocycles. The Hall–Kier alpha value is -7.54. The number of rotatable bonds is 6. The molecule has 0 aromatic heterocycles. The lowest BCUT2D eigenvalue weighted by Crippen LogP contribution is -1.91. The lowest BCUT2D eigenvalue weighted by atomic mass is 9.85. The van der Waals surface area contributed by atoms with E-state index in [9.17, 15) is 0 Å². The summed E-state index contributed by atoms with van der Waals surface area (Å²) in [6.07, 6.45) is 0. The van der Waals surface area contributed by atoms with Gasteiger partial charge in [0, 0.05) is 0 Å². The molecule has 0 nitrogen and oxygen atoms in total. The number of benzene rings is 11. The molecule has 0 aliphatic carbocycles. The van der Waals surface area contributed by atoms with E-state index in [4.69, 9.17) is 0 Å². The van der Waals surface area contributed by atoms with E-state index >= 15 is 0 Å². The maximum absolute atomic E-state index is 2.35. The van der Waals surface area contributed by atoms with E-state index in [0.717, 1.165) is 0 Å². The van der Waals surface area contributed by atoms with Gasteiger partial charge in [-0.2, -0.15) is 0 Å². The summed E-state index contributed by atoms with van der Waals surface area (Å²) in [5.74, 6) is 0. The first-order valence-corrected chi connectivity index (χ1v) is 20.1. The van der Waals surface area contributed by atoms with Gasteiger partial charge in [-0.15, -0.1) is 0 Å². The molecule has 11 rings (SSSR count). The van der Waals surface area contributed by atoms with Crippen LogP contribution in [0.3, 0.4) is 0 Å². The SMILES string of the molecule is c1ccc(-c2cc(-c3ccc(-c4c5ccccc5c(-c5ccc(-c6ccc(-c7ccc8ccccc8c7)cc6)cc5)c5ccccc45)cc3)cc3ccccc23)cc1. The summed E-state index contributed by atoms with van der Waals surface area (Å²) in [4.78, 5) is 0. The Labute approximate surface area is 339 Å². The molecule has 0 radical (unpaired) electrons. The van der Waals surface area contributed by atoms with Crippen LogP contribution in [0.2, 0.25) is 0 Å². The van der Waals surface area contributed by atoms with Gasteiger partial charge in [0.05, 0.1) is 0 Å². The summed E-state index contributed by atoms with van der Waals surface area (Å²) >= 11 is 0. The summed E-state index contributed by atoms with van der Waals surface area (Å²) in [6, 6.07) is 84.5. The Bertz CT molecular complexity index is 3220. The molecule has 0 saturated carbocycles. The summed E-state index contributed by atoms with van der Waals surface area (Å²) < 4.78 is 0. The minimum Gasteiger partial charge on any atom is -0.0622 e. The molecule has 0 atom stereocenters. The van der Waals surface area contributed by atoms with E-state index in [1.54, 1.807) is 0 Å². The third-order valence-electron chi connectivity index (χ3n) is 11.9. The van der Waals surface area contributed by atoms with Crippen molar-refractivity contribution in [2.24, 2.45) is 0 Å². The van der Waals surface area contributed by atoms with Crippen LogP contribution in [0.1, 0.15) is 0 Å². The van der Waals surface area contributed by atoms with Gasteiger partial charge < -0.3 is 0 Å². The first-order chi connectivity index (χ1) is 28.7. The fourth-order valence-corrected chi connectivity index (χ4v) is 8.97. The predicted molar refractivity (Wildman–Crippen MR) is 249 cm³/mol. The third kappa shape index (κ3) is 5.95. The van der Waals surface area contributed by atoms with Crippen molar-refractivity contribution >= 4 is 43.1 Å². The fraction of sp³-hybridized carbons (Fsp3) is 0. The zero-order valence-electron chi connectivity index (χ0n) is 31.9. The van der Waals surface area contributed by atoms with Gasteiger partial charge in [-0.3, -0.25) is 0 Å². The van der Waals surface area contributed by atoms with Crippen molar-refractivity contribution in [2.75, 3.05) is 0 Å². The highest BCUT2D eigenvalue weighted by molar-refractivity contribution is 6.21. The second-order valence-corrected chi connectivity index (χ2v) is 15.2. The highest BCUT2D eigenvalue weighted by Crippen LogP contribution is 2.44. The van der Waals surface area contributed by atoms with Crippen LogP contribution in [0.25, 0.3) is 110 Å². The van der Waals surface area contributed by atoms with Crippen molar-refractivity contribution in [3.8, 4) is 66.8 Å².